The standard InChI is InChI=1S/C16H23N3O3/c20-15(17-18-16(21)14-6-3-9-22-14)11-19-8-7-12-4-1-2-5-13(12)10-19/h3,6,9,12-13H,1-2,4-5,7-8,10-11H2,(H,17,20)(H,18,21)/t12-,13-/m1/s1. The molecule has 2 N–H and O–H groups in total. The molecular weight excluding hydrogens is 282 g/mol. The molecule has 0 aromatic carbocycles. The minimum Gasteiger partial charge on any atom is -0.459 e. The lowest BCUT2D eigenvalue weighted by Gasteiger charge is -2.41. The molecule has 2 amide bonds. The monoisotopic (exact) mass is 305 g/mol. The molecule has 0 unspecified atom stereocenters. The number of piperidine rings is 1. The van der Waals surface area contributed by atoms with Crippen LogP contribution in [0.5, 0.6) is 0 Å². The molecule has 1 aromatic rings. The summed E-state index contributed by atoms with van der Waals surface area (Å²) in [4.78, 5) is 25.8. The van der Waals surface area contributed by atoms with Crippen LogP contribution in [0.15, 0.2) is 22.8 Å². The van der Waals surface area contributed by atoms with Crippen molar-refractivity contribution in [1.29, 1.82) is 0 Å². The summed E-state index contributed by atoms with van der Waals surface area (Å²) in [5, 5.41) is 0. The van der Waals surface area contributed by atoms with Gasteiger partial charge in [0.2, 0.25) is 0 Å². The van der Waals surface area contributed by atoms with Crippen molar-refractivity contribution >= 4 is 11.8 Å². The largest absolute Gasteiger partial charge is 0.459 e. The van der Waals surface area contributed by atoms with E-state index in [-0.39, 0.29) is 11.7 Å². The van der Waals surface area contributed by atoms with Crippen LogP contribution in [-0.2, 0) is 4.79 Å². The van der Waals surface area contributed by atoms with Crippen molar-refractivity contribution in [2.24, 2.45) is 11.8 Å². The van der Waals surface area contributed by atoms with E-state index >= 15 is 0 Å². The Morgan fingerprint density at radius 3 is 2.77 bits per heavy atom. The predicted molar refractivity (Wildman–Crippen MR) is 80.8 cm³/mol. The molecule has 1 aliphatic carbocycles. The molecule has 6 heteroatoms. The van der Waals surface area contributed by atoms with E-state index in [0.717, 1.165) is 24.9 Å². The number of hydrazine groups is 1. The molecule has 2 atom stereocenters. The van der Waals surface area contributed by atoms with Crippen molar-refractivity contribution in [3.63, 3.8) is 0 Å². The fourth-order valence-corrected chi connectivity index (χ4v) is 3.66. The molecule has 120 valence electrons. The second-order valence-electron chi connectivity index (χ2n) is 6.31. The van der Waals surface area contributed by atoms with Crippen molar-refractivity contribution in [2.75, 3.05) is 19.6 Å². The van der Waals surface area contributed by atoms with Gasteiger partial charge in [-0.05, 0) is 43.4 Å². The third kappa shape index (κ3) is 3.68. The highest BCUT2D eigenvalue weighted by molar-refractivity contribution is 5.93. The first kappa shape index (κ1) is 15.1. The number of hydrogen-bond donors (Lipinski definition) is 2. The summed E-state index contributed by atoms with van der Waals surface area (Å²) in [6, 6.07) is 3.18. The maximum Gasteiger partial charge on any atom is 0.305 e. The van der Waals surface area contributed by atoms with E-state index in [2.05, 4.69) is 15.8 Å². The van der Waals surface area contributed by atoms with Gasteiger partial charge in [-0.2, -0.15) is 0 Å². The Hall–Kier alpha value is -1.82. The zero-order valence-electron chi connectivity index (χ0n) is 12.7. The van der Waals surface area contributed by atoms with Gasteiger partial charge in [0.15, 0.2) is 5.76 Å². The molecular formula is C16H23N3O3. The Morgan fingerprint density at radius 1 is 1.18 bits per heavy atom. The highest BCUT2D eigenvalue weighted by atomic mass is 16.3. The topological polar surface area (TPSA) is 74.6 Å². The van der Waals surface area contributed by atoms with E-state index in [1.807, 2.05) is 0 Å². The summed E-state index contributed by atoms with van der Waals surface area (Å²) in [7, 11) is 0. The minimum absolute atomic E-state index is 0.184. The Morgan fingerprint density at radius 2 is 2.00 bits per heavy atom. The summed E-state index contributed by atoms with van der Waals surface area (Å²) in [5.41, 5.74) is 4.82. The van der Waals surface area contributed by atoms with E-state index in [0.29, 0.717) is 6.54 Å². The van der Waals surface area contributed by atoms with Gasteiger partial charge in [-0.15, -0.1) is 0 Å². The van der Waals surface area contributed by atoms with Gasteiger partial charge in [0.05, 0.1) is 12.8 Å². The van der Waals surface area contributed by atoms with E-state index in [1.165, 1.54) is 38.4 Å². The van der Waals surface area contributed by atoms with Crippen LogP contribution in [0.25, 0.3) is 0 Å². The first-order valence-electron chi connectivity index (χ1n) is 8.07. The number of likely N-dealkylation sites (tertiary alicyclic amines) is 1. The van der Waals surface area contributed by atoms with Crippen LogP contribution in [-0.4, -0.2) is 36.3 Å². The van der Waals surface area contributed by atoms with E-state index in [1.54, 1.807) is 12.1 Å². The number of amides is 2. The summed E-state index contributed by atoms with van der Waals surface area (Å²) in [5.74, 6) is 1.15. The van der Waals surface area contributed by atoms with Gasteiger partial charge < -0.3 is 4.42 Å². The van der Waals surface area contributed by atoms with Crippen molar-refractivity contribution in [2.45, 2.75) is 32.1 Å². The smallest absolute Gasteiger partial charge is 0.305 e. The molecule has 0 radical (unpaired) electrons. The van der Waals surface area contributed by atoms with Crippen LogP contribution in [0.4, 0.5) is 0 Å². The summed E-state index contributed by atoms with van der Waals surface area (Å²) in [6.07, 6.45) is 7.94. The lowest BCUT2D eigenvalue weighted by molar-refractivity contribution is -0.123. The average molecular weight is 305 g/mol. The first-order chi connectivity index (χ1) is 10.7. The maximum absolute atomic E-state index is 11.9. The number of nitrogens with zero attached hydrogens (tertiary/aromatic N) is 1. The zero-order chi connectivity index (χ0) is 15.4. The SMILES string of the molecule is O=C(CN1CC[C@H]2CCCC[C@@H]2C1)NNC(=O)c1ccco1. The van der Waals surface area contributed by atoms with Crippen molar-refractivity contribution in [3.05, 3.63) is 24.2 Å². The first-order valence-corrected chi connectivity index (χ1v) is 8.07. The van der Waals surface area contributed by atoms with Crippen LogP contribution >= 0.6 is 0 Å². The van der Waals surface area contributed by atoms with Gasteiger partial charge in [0.25, 0.3) is 5.91 Å². The predicted octanol–water partition coefficient (Wildman–Crippen LogP) is 1.55. The number of hydrogen-bond acceptors (Lipinski definition) is 4. The third-order valence-electron chi connectivity index (χ3n) is 4.80. The second kappa shape index (κ2) is 6.96. The van der Waals surface area contributed by atoms with E-state index < -0.39 is 5.91 Å². The quantitative estimate of drug-likeness (QED) is 0.831. The Labute approximate surface area is 130 Å². The molecule has 6 nitrogen and oxygen atoms in total. The second-order valence-corrected chi connectivity index (χ2v) is 6.31. The number of nitrogens with one attached hydrogen (secondary N) is 2. The van der Waals surface area contributed by atoms with Crippen molar-refractivity contribution in [1.82, 2.24) is 15.8 Å². The Kier molecular flexibility index (Phi) is 4.77. The van der Waals surface area contributed by atoms with Crippen LogP contribution in [0, 0.1) is 11.8 Å². The van der Waals surface area contributed by atoms with Gasteiger partial charge in [-0.25, -0.2) is 0 Å². The summed E-state index contributed by atoms with van der Waals surface area (Å²) < 4.78 is 4.96. The fraction of sp³-hybridized carbons (Fsp3) is 0.625. The molecule has 1 aliphatic heterocycles. The fourth-order valence-electron chi connectivity index (χ4n) is 3.66. The minimum atomic E-state index is -0.440. The molecule has 22 heavy (non-hydrogen) atoms. The number of furan rings is 1. The van der Waals surface area contributed by atoms with Crippen LogP contribution in [0.3, 0.4) is 0 Å². The molecule has 0 spiro atoms. The van der Waals surface area contributed by atoms with Gasteiger partial charge in [0, 0.05) is 6.54 Å². The van der Waals surface area contributed by atoms with Crippen LogP contribution in [0.2, 0.25) is 0 Å². The lowest BCUT2D eigenvalue weighted by Crippen LogP contribution is -2.49. The maximum atomic E-state index is 11.9. The van der Waals surface area contributed by atoms with Gasteiger partial charge in [-0.1, -0.05) is 19.3 Å². The van der Waals surface area contributed by atoms with Crippen molar-refractivity contribution in [3.8, 4) is 0 Å². The van der Waals surface area contributed by atoms with Gasteiger partial charge >= 0.3 is 5.91 Å². The van der Waals surface area contributed by atoms with Crippen LogP contribution in [0.1, 0.15) is 42.7 Å². The zero-order valence-corrected chi connectivity index (χ0v) is 12.7. The third-order valence-corrected chi connectivity index (χ3v) is 4.80. The highest BCUT2D eigenvalue weighted by Crippen LogP contribution is 2.35. The van der Waals surface area contributed by atoms with Gasteiger partial charge in [-0.3, -0.25) is 25.3 Å². The molecule has 0 bridgehead atoms. The highest BCUT2D eigenvalue weighted by Gasteiger charge is 2.31. The molecule has 2 fully saturated rings. The summed E-state index contributed by atoms with van der Waals surface area (Å²) in [6.45, 7) is 2.31. The average Bonchev–Trinajstić information content (AvgIpc) is 3.07. The van der Waals surface area contributed by atoms with Crippen molar-refractivity contribution < 1.29 is 14.0 Å². The molecule has 1 saturated heterocycles. The number of fused-ring (bicyclic) bond motifs is 1. The van der Waals surface area contributed by atoms with Crippen LogP contribution < -0.4 is 10.9 Å². The molecule has 3 rings (SSSR count). The lowest BCUT2D eigenvalue weighted by atomic mass is 9.75. The summed E-state index contributed by atoms with van der Waals surface area (Å²) >= 11 is 0. The van der Waals surface area contributed by atoms with E-state index in [4.69, 9.17) is 4.42 Å². The number of carbonyl (C=O) groups excluding carboxylic acids is 2. The normalized spacial score (nSPS) is 25.3. The van der Waals surface area contributed by atoms with E-state index in [9.17, 15) is 9.59 Å². The Balaban J connectivity index is 1.41. The van der Waals surface area contributed by atoms with Gasteiger partial charge in [0.1, 0.15) is 0 Å². The molecule has 1 aromatic heterocycles. The molecule has 2 aliphatic rings. The number of carbonyl (C=O) groups is 2. The Bertz CT molecular complexity index is 515. The molecule has 1 saturated carbocycles. The molecule has 2 heterocycles. The number of rotatable bonds is 3.